The van der Waals surface area contributed by atoms with Gasteiger partial charge in [0.05, 0.1) is 47.9 Å². The molecular formula is C31H40FN7O5S. The molecule has 1 saturated carbocycles. The Bertz CT molecular complexity index is 1680. The van der Waals surface area contributed by atoms with Crippen LogP contribution in [0.15, 0.2) is 30.3 Å². The molecule has 1 N–H and O–H groups in total. The molecule has 1 spiro atoms. The number of hydrogen-bond donors (Lipinski definition) is 1. The van der Waals surface area contributed by atoms with Crippen molar-refractivity contribution >= 4 is 32.8 Å². The molecule has 1 aromatic carbocycles. The molecule has 1 aliphatic carbocycles. The van der Waals surface area contributed by atoms with Crippen molar-refractivity contribution in [1.29, 1.82) is 0 Å². The lowest BCUT2D eigenvalue weighted by Gasteiger charge is -2.40. The lowest BCUT2D eigenvalue weighted by Crippen LogP contribution is -2.47. The van der Waals surface area contributed by atoms with Crippen LogP contribution in [0.5, 0.6) is 0 Å². The van der Waals surface area contributed by atoms with E-state index in [0.717, 1.165) is 92.5 Å². The number of aromatic nitrogens is 3. The number of piperidine rings is 1. The van der Waals surface area contributed by atoms with Crippen LogP contribution in [-0.2, 0) is 19.7 Å². The number of hydrogen-bond acceptors (Lipinski definition) is 9. The highest BCUT2D eigenvalue weighted by atomic mass is 32.2. The molecule has 0 bridgehead atoms. The minimum absolute atomic E-state index is 0.0314. The molecule has 3 aliphatic heterocycles. The molecule has 1 atom stereocenters. The molecule has 242 valence electrons. The van der Waals surface area contributed by atoms with Crippen LogP contribution in [-0.4, -0.2) is 110 Å². The van der Waals surface area contributed by atoms with Crippen LogP contribution < -0.4 is 9.62 Å². The van der Waals surface area contributed by atoms with Crippen molar-refractivity contribution in [2.45, 2.75) is 56.1 Å². The number of fused-ring (bicyclic) bond motifs is 1. The van der Waals surface area contributed by atoms with Gasteiger partial charge >= 0.3 is 10.2 Å². The maximum absolute atomic E-state index is 13.9. The molecule has 2 aromatic heterocycles. The average Bonchev–Trinajstić information content (AvgIpc) is 3.59. The van der Waals surface area contributed by atoms with Crippen molar-refractivity contribution in [2.24, 2.45) is 0 Å². The Kier molecular flexibility index (Phi) is 8.05. The summed E-state index contributed by atoms with van der Waals surface area (Å²) in [4.78, 5) is 22.9. The van der Waals surface area contributed by atoms with Gasteiger partial charge in [-0.05, 0) is 62.4 Å². The maximum Gasteiger partial charge on any atom is 0.303 e. The number of carbonyl (C=O) groups excluding carboxylic acids is 1. The van der Waals surface area contributed by atoms with E-state index in [4.69, 9.17) is 19.6 Å². The summed E-state index contributed by atoms with van der Waals surface area (Å²) >= 11 is 0. The summed E-state index contributed by atoms with van der Waals surface area (Å²) in [6.07, 6.45) is 5.75. The highest BCUT2D eigenvalue weighted by molar-refractivity contribution is 7.87. The number of nitrogens with one attached hydrogen (secondary N) is 1. The third-order valence-electron chi connectivity index (χ3n) is 9.91. The van der Waals surface area contributed by atoms with Crippen LogP contribution in [0.25, 0.3) is 16.7 Å². The number of anilines is 1. The second-order valence-corrected chi connectivity index (χ2v) is 14.7. The van der Waals surface area contributed by atoms with Gasteiger partial charge in [-0.25, -0.2) is 18.8 Å². The van der Waals surface area contributed by atoms with Gasteiger partial charge in [-0.3, -0.25) is 9.69 Å². The van der Waals surface area contributed by atoms with Crippen molar-refractivity contribution < 1.29 is 27.1 Å². The molecule has 14 heteroatoms. The summed E-state index contributed by atoms with van der Waals surface area (Å²) in [7, 11) is -1.35. The Balaban J connectivity index is 1.26. The molecule has 3 aromatic rings. The van der Waals surface area contributed by atoms with Crippen molar-refractivity contribution in [3.63, 3.8) is 0 Å². The van der Waals surface area contributed by atoms with Crippen LogP contribution >= 0.6 is 0 Å². The summed E-state index contributed by atoms with van der Waals surface area (Å²) in [5.41, 5.74) is 2.53. The van der Waals surface area contributed by atoms with E-state index in [0.29, 0.717) is 30.5 Å². The van der Waals surface area contributed by atoms with E-state index < -0.39 is 16.1 Å². The summed E-state index contributed by atoms with van der Waals surface area (Å²) in [5.74, 6) is -0.957. The Hall–Kier alpha value is -3.17. The summed E-state index contributed by atoms with van der Waals surface area (Å²) < 4.78 is 55.8. The molecule has 1 amide bonds. The van der Waals surface area contributed by atoms with Crippen LogP contribution in [0.4, 0.5) is 10.1 Å². The van der Waals surface area contributed by atoms with Gasteiger partial charge in [0, 0.05) is 52.2 Å². The Labute approximate surface area is 262 Å². The lowest BCUT2D eigenvalue weighted by atomic mass is 9.81. The van der Waals surface area contributed by atoms with Gasteiger partial charge in [0.15, 0.2) is 5.65 Å². The normalized spacial score (nSPS) is 22.8. The van der Waals surface area contributed by atoms with E-state index in [-0.39, 0.29) is 23.0 Å². The van der Waals surface area contributed by atoms with Gasteiger partial charge in [0.1, 0.15) is 11.5 Å². The van der Waals surface area contributed by atoms with Crippen LogP contribution in [0.2, 0.25) is 0 Å². The third kappa shape index (κ3) is 5.82. The Morgan fingerprint density at radius 1 is 1.09 bits per heavy atom. The van der Waals surface area contributed by atoms with Crippen molar-refractivity contribution in [2.75, 3.05) is 65.0 Å². The van der Waals surface area contributed by atoms with Crippen molar-refractivity contribution in [1.82, 2.24) is 28.7 Å². The summed E-state index contributed by atoms with van der Waals surface area (Å²) in [6.45, 7) is 5.52. The first-order chi connectivity index (χ1) is 21.6. The smallest absolute Gasteiger partial charge is 0.303 e. The quantitative estimate of drug-likeness (QED) is 0.415. The van der Waals surface area contributed by atoms with E-state index in [1.54, 1.807) is 22.9 Å². The SMILES string of the molecule is CN(C)S(=O)(=O)NC(=O)c1cc(N2CCC3(CC2)CC(N2CCOCC2)CO3)c2c(C3CCC3)nn(-c3ccc(F)cc3)c2n1. The number of morpholine rings is 1. The predicted molar refractivity (Wildman–Crippen MR) is 166 cm³/mol. The van der Waals surface area contributed by atoms with E-state index in [2.05, 4.69) is 14.5 Å². The highest BCUT2D eigenvalue weighted by Crippen LogP contribution is 2.45. The zero-order valence-electron chi connectivity index (χ0n) is 25.7. The second-order valence-electron chi connectivity index (χ2n) is 12.8. The summed E-state index contributed by atoms with van der Waals surface area (Å²) in [5, 5.41) is 5.86. The average molecular weight is 642 g/mol. The van der Waals surface area contributed by atoms with Gasteiger partial charge in [0.2, 0.25) is 0 Å². The number of ether oxygens (including phenoxy) is 2. The molecule has 4 fully saturated rings. The van der Waals surface area contributed by atoms with Gasteiger partial charge < -0.3 is 14.4 Å². The van der Waals surface area contributed by atoms with Crippen LogP contribution in [0.1, 0.15) is 60.6 Å². The first-order valence-corrected chi connectivity index (χ1v) is 17.2. The standard InChI is InChI=1S/C31H40FN7O5S/c1-36(2)45(41,42)35-30(40)25-18-26(38-12-10-31(11-13-38)19-24(20-44-31)37-14-16-43-17-15-37)27-28(21-4-3-5-21)34-39(29(27)33-25)23-8-6-22(32)7-9-23/h6-9,18,21,24H,3-5,10-17,19-20H2,1-2H3,(H,35,40). The van der Waals surface area contributed by atoms with E-state index in [9.17, 15) is 17.6 Å². The predicted octanol–water partition coefficient (Wildman–Crippen LogP) is 2.82. The number of rotatable bonds is 7. The molecule has 12 nitrogen and oxygen atoms in total. The van der Waals surface area contributed by atoms with Gasteiger partial charge in [0.25, 0.3) is 5.91 Å². The number of nitrogens with zero attached hydrogens (tertiary/aromatic N) is 6. The minimum Gasteiger partial charge on any atom is -0.379 e. The first kappa shape index (κ1) is 30.5. The number of halogens is 1. The minimum atomic E-state index is -4.05. The zero-order valence-corrected chi connectivity index (χ0v) is 26.6. The largest absolute Gasteiger partial charge is 0.379 e. The van der Waals surface area contributed by atoms with Crippen molar-refractivity contribution in [3.8, 4) is 5.69 Å². The fourth-order valence-electron chi connectivity index (χ4n) is 6.98. The summed E-state index contributed by atoms with van der Waals surface area (Å²) in [6, 6.07) is 8.08. The number of benzene rings is 1. The Morgan fingerprint density at radius 3 is 2.44 bits per heavy atom. The van der Waals surface area contributed by atoms with Crippen LogP contribution in [0, 0.1) is 5.82 Å². The molecule has 45 heavy (non-hydrogen) atoms. The monoisotopic (exact) mass is 641 g/mol. The van der Waals surface area contributed by atoms with E-state index >= 15 is 0 Å². The van der Waals surface area contributed by atoms with Crippen molar-refractivity contribution in [3.05, 3.63) is 47.5 Å². The lowest BCUT2D eigenvalue weighted by molar-refractivity contribution is -0.0183. The molecule has 0 radical (unpaired) electrons. The number of carbonyl (C=O) groups is 1. The molecule has 7 rings (SSSR count). The molecule has 4 aliphatic rings. The second kappa shape index (κ2) is 11.9. The molecular weight excluding hydrogens is 601 g/mol. The molecule has 5 heterocycles. The third-order valence-corrected chi connectivity index (χ3v) is 11.3. The number of pyridine rings is 1. The first-order valence-electron chi connectivity index (χ1n) is 15.8. The van der Waals surface area contributed by atoms with Gasteiger partial charge in [-0.1, -0.05) is 6.42 Å². The fraction of sp³-hybridized carbons (Fsp3) is 0.581. The topological polar surface area (TPSA) is 122 Å². The van der Waals surface area contributed by atoms with E-state index in [1.165, 1.54) is 26.2 Å². The van der Waals surface area contributed by atoms with Crippen LogP contribution in [0.3, 0.4) is 0 Å². The fourth-order valence-corrected chi connectivity index (χ4v) is 7.50. The van der Waals surface area contributed by atoms with E-state index in [1.807, 2.05) is 0 Å². The van der Waals surface area contributed by atoms with Gasteiger partial charge in [-0.2, -0.15) is 17.8 Å². The molecule has 3 saturated heterocycles. The zero-order chi connectivity index (χ0) is 31.3. The molecule has 1 unspecified atom stereocenters. The Morgan fingerprint density at radius 2 is 1.80 bits per heavy atom. The number of amides is 1. The van der Waals surface area contributed by atoms with Gasteiger partial charge in [-0.15, -0.1) is 0 Å². The highest BCUT2D eigenvalue weighted by Gasteiger charge is 2.45. The maximum atomic E-state index is 13.9.